The largest absolute Gasteiger partial charge is 0.466 e. The molecule has 3 rings (SSSR count). The van der Waals surface area contributed by atoms with Gasteiger partial charge in [-0.15, -0.1) is 11.8 Å². The van der Waals surface area contributed by atoms with Crippen LogP contribution in [0.4, 0.5) is 4.39 Å². The summed E-state index contributed by atoms with van der Waals surface area (Å²) in [5, 5.41) is 20.6. The summed E-state index contributed by atoms with van der Waals surface area (Å²) in [5.41, 5.74) is -0.464. The molecule has 0 aliphatic carbocycles. The van der Waals surface area contributed by atoms with E-state index in [1.807, 2.05) is 0 Å². The zero-order chi connectivity index (χ0) is 29.5. The summed E-state index contributed by atoms with van der Waals surface area (Å²) in [4.78, 5) is 77.7. The first-order valence-electron chi connectivity index (χ1n) is 9.19. The molecule has 2 aromatic rings. The van der Waals surface area contributed by atoms with Crippen molar-refractivity contribution in [2.24, 2.45) is 0 Å². The van der Waals surface area contributed by atoms with Crippen molar-refractivity contribution < 1.29 is 77.1 Å². The fourth-order valence-corrected chi connectivity index (χ4v) is 3.17. The van der Waals surface area contributed by atoms with Gasteiger partial charge in [-0.3, -0.25) is 9.36 Å². The molecule has 37 heavy (non-hydrogen) atoms. The number of thioether (sulfide) groups is 1. The van der Waals surface area contributed by atoms with Gasteiger partial charge in [0, 0.05) is 11.1 Å². The van der Waals surface area contributed by atoms with Crippen LogP contribution in [0.15, 0.2) is 34.1 Å². The molecule has 0 spiro atoms. The average molecular weight is 619 g/mol. The number of phosphoric acid groups is 3. The van der Waals surface area contributed by atoms with Gasteiger partial charge in [0.05, 0.1) is 11.5 Å². The Hall–Kier alpha value is -1.08. The monoisotopic (exact) mass is 619 g/mol. The first-order chi connectivity index (χ1) is 16.4. The van der Waals surface area contributed by atoms with Gasteiger partial charge in [0.1, 0.15) is 18.0 Å². The second-order valence-corrected chi connectivity index (χ2v) is 10.8. The van der Waals surface area contributed by atoms with Gasteiger partial charge in [0.25, 0.3) is 5.56 Å². The van der Waals surface area contributed by atoms with Gasteiger partial charge >= 0.3 is 23.5 Å². The number of hydrogen-bond donors (Lipinski definition) is 11. The number of aromatic nitrogens is 1. The first kappa shape index (κ1) is 35.9. The van der Waals surface area contributed by atoms with Crippen LogP contribution in [0, 0.1) is 5.82 Å². The lowest BCUT2D eigenvalue weighted by Crippen LogP contribution is -2.34. The number of ether oxygens (including phenoxy) is 1. The van der Waals surface area contributed by atoms with Crippen molar-refractivity contribution in [3.05, 3.63) is 40.6 Å². The third kappa shape index (κ3) is 15.2. The Kier molecular flexibility index (Phi) is 13.9. The number of pyridine rings is 1. The molecular weight excluding hydrogens is 594 g/mol. The first-order valence-corrected chi connectivity index (χ1v) is 15.1. The van der Waals surface area contributed by atoms with Crippen LogP contribution >= 0.6 is 35.2 Å². The van der Waals surface area contributed by atoms with Crippen LogP contribution < -0.4 is 5.56 Å². The highest BCUT2D eigenvalue weighted by molar-refractivity contribution is 7.98. The number of halogens is 1. The summed E-state index contributed by atoms with van der Waals surface area (Å²) < 4.78 is 47.2. The van der Waals surface area contributed by atoms with Gasteiger partial charge in [-0.2, -0.15) is 0 Å². The van der Waals surface area contributed by atoms with Crippen LogP contribution in [0.1, 0.15) is 13.2 Å². The van der Waals surface area contributed by atoms with E-state index in [0.717, 1.165) is 0 Å². The lowest BCUT2D eigenvalue weighted by molar-refractivity contribution is -0.0339. The fraction of sp³-hybridized carbons (Fsp3) is 0.400. The summed E-state index contributed by atoms with van der Waals surface area (Å²) in [6, 6.07) is 4.48. The molecule has 1 aliphatic rings. The van der Waals surface area contributed by atoms with Gasteiger partial charge in [0.15, 0.2) is 6.23 Å². The second-order valence-electron chi connectivity index (χ2n) is 6.85. The number of benzene rings is 1. The summed E-state index contributed by atoms with van der Waals surface area (Å²) in [5.74, 6) is -0.462. The molecule has 2 heterocycles. The highest BCUT2D eigenvalue weighted by Gasteiger charge is 2.41. The number of aliphatic hydroxyl groups is 2. The molecule has 0 saturated carbocycles. The normalized spacial score (nSPS) is 21.7. The molecule has 17 nitrogen and oxygen atoms in total. The molecule has 1 aliphatic heterocycles. The smallest absolute Gasteiger partial charge is 0.388 e. The summed E-state index contributed by atoms with van der Waals surface area (Å²) in [7, 11) is -13.9. The van der Waals surface area contributed by atoms with E-state index < -0.39 is 59.4 Å². The van der Waals surface area contributed by atoms with Gasteiger partial charge < -0.3 is 59.0 Å². The molecule has 1 fully saturated rings. The topological polar surface area (TPSA) is 305 Å². The lowest BCUT2D eigenvalue weighted by atomic mass is 10.1. The predicted octanol–water partition coefficient (Wildman–Crippen LogP) is -1.28. The minimum Gasteiger partial charge on any atom is -0.388 e. The molecule has 4 unspecified atom stereocenters. The minimum atomic E-state index is -4.64. The van der Waals surface area contributed by atoms with Crippen molar-refractivity contribution in [2.75, 3.05) is 6.26 Å². The van der Waals surface area contributed by atoms with E-state index in [0.29, 0.717) is 10.3 Å². The third-order valence-corrected chi connectivity index (χ3v) is 4.71. The number of aliphatic hydroxyl groups excluding tert-OH is 2. The Morgan fingerprint density at radius 1 is 0.892 bits per heavy atom. The molecule has 214 valence electrons. The molecule has 22 heteroatoms. The fourth-order valence-electron chi connectivity index (χ4n) is 2.67. The van der Waals surface area contributed by atoms with Crippen molar-refractivity contribution in [1.29, 1.82) is 0 Å². The van der Waals surface area contributed by atoms with E-state index in [4.69, 9.17) is 62.5 Å². The Balaban J connectivity index is 0.000000711. The Labute approximate surface area is 211 Å². The zero-order valence-corrected chi connectivity index (χ0v) is 22.2. The molecule has 0 radical (unpaired) electrons. The summed E-state index contributed by atoms with van der Waals surface area (Å²) in [6.07, 6.45) is -0.588. The summed E-state index contributed by atoms with van der Waals surface area (Å²) in [6.45, 7) is 1.62. The van der Waals surface area contributed by atoms with Crippen molar-refractivity contribution >= 4 is 46.0 Å². The molecule has 1 aromatic heterocycles. The second kappa shape index (κ2) is 14.3. The van der Waals surface area contributed by atoms with E-state index in [-0.39, 0.29) is 5.39 Å². The van der Waals surface area contributed by atoms with E-state index in [1.54, 1.807) is 25.3 Å². The standard InChI is InChI=1S/C15H16FNO4S.3H3O4P/c1-7-12(18)13(19)15(21-7)17-4-3-8-5-11(22-2)10(16)6-9(8)14(17)20;3*1-5(2,3)4/h3-7,12-13,15,18-19H,1-2H3;3*(H3,1,2,3,4). The average Bonchev–Trinajstić information content (AvgIpc) is 2.92. The van der Waals surface area contributed by atoms with Crippen molar-refractivity contribution in [2.45, 2.75) is 36.4 Å². The van der Waals surface area contributed by atoms with E-state index in [2.05, 4.69) is 0 Å². The zero-order valence-electron chi connectivity index (χ0n) is 18.7. The Bertz CT molecular complexity index is 1170. The van der Waals surface area contributed by atoms with Crippen LogP contribution in [0.25, 0.3) is 10.8 Å². The van der Waals surface area contributed by atoms with Crippen LogP contribution in [-0.2, 0) is 18.4 Å². The van der Waals surface area contributed by atoms with Crippen molar-refractivity contribution in [3.63, 3.8) is 0 Å². The van der Waals surface area contributed by atoms with Gasteiger partial charge in [0.2, 0.25) is 0 Å². The number of nitrogens with zero attached hydrogens (tertiary/aromatic N) is 1. The lowest BCUT2D eigenvalue weighted by Gasteiger charge is -2.18. The van der Waals surface area contributed by atoms with E-state index in [1.165, 1.54) is 28.6 Å². The van der Waals surface area contributed by atoms with Crippen LogP contribution in [0.5, 0.6) is 0 Å². The highest BCUT2D eigenvalue weighted by Crippen LogP contribution is 2.30. The molecular formula is C15H25FNO16P3S. The van der Waals surface area contributed by atoms with Crippen molar-refractivity contribution in [1.82, 2.24) is 4.57 Å². The number of hydrogen-bond acceptors (Lipinski definition) is 8. The van der Waals surface area contributed by atoms with E-state index in [9.17, 15) is 19.4 Å². The van der Waals surface area contributed by atoms with Gasteiger partial charge in [-0.05, 0) is 36.8 Å². The molecule has 4 atom stereocenters. The SMILES string of the molecule is CSc1cc2ccn(C3OC(C)C(O)C3O)c(=O)c2cc1F.O=P(O)(O)O.O=P(O)(O)O.O=P(O)(O)O. The molecule has 0 bridgehead atoms. The number of rotatable bonds is 2. The number of fused-ring (bicyclic) bond motifs is 1. The molecule has 1 saturated heterocycles. The Morgan fingerprint density at radius 2 is 1.32 bits per heavy atom. The molecule has 0 amide bonds. The van der Waals surface area contributed by atoms with Crippen LogP contribution in [0.3, 0.4) is 0 Å². The van der Waals surface area contributed by atoms with Crippen LogP contribution in [0.2, 0.25) is 0 Å². The quantitative estimate of drug-likeness (QED) is 0.138. The summed E-state index contributed by atoms with van der Waals surface area (Å²) >= 11 is 1.27. The van der Waals surface area contributed by atoms with Crippen LogP contribution in [-0.4, -0.2) is 83.4 Å². The van der Waals surface area contributed by atoms with Gasteiger partial charge in [-0.1, -0.05) is 0 Å². The maximum Gasteiger partial charge on any atom is 0.466 e. The van der Waals surface area contributed by atoms with E-state index >= 15 is 0 Å². The maximum absolute atomic E-state index is 13.9. The predicted molar refractivity (Wildman–Crippen MR) is 124 cm³/mol. The Morgan fingerprint density at radius 3 is 1.68 bits per heavy atom. The highest BCUT2D eigenvalue weighted by atomic mass is 32.2. The molecule has 1 aromatic carbocycles. The maximum atomic E-state index is 13.9. The van der Waals surface area contributed by atoms with Crippen molar-refractivity contribution in [3.8, 4) is 0 Å². The molecule has 11 N–H and O–H groups in total. The minimum absolute atomic E-state index is 0.211. The van der Waals surface area contributed by atoms with Gasteiger partial charge in [-0.25, -0.2) is 18.1 Å². The third-order valence-electron chi connectivity index (χ3n) is 3.95.